The highest BCUT2D eigenvalue weighted by molar-refractivity contribution is 5.32. The third-order valence-corrected chi connectivity index (χ3v) is 3.06. The first-order chi connectivity index (χ1) is 9.22. The molecule has 1 aromatic heterocycles. The molecule has 19 heavy (non-hydrogen) atoms. The Balaban J connectivity index is 2.05. The molecule has 0 bridgehead atoms. The fourth-order valence-electron chi connectivity index (χ4n) is 2.10. The molecular formula is C15H21N3O. The molecule has 0 saturated heterocycles. The van der Waals surface area contributed by atoms with Gasteiger partial charge in [0, 0.05) is 13.1 Å². The molecule has 2 rings (SSSR count). The largest absolute Gasteiger partial charge is 0.454 e. The summed E-state index contributed by atoms with van der Waals surface area (Å²) in [5, 5.41) is 7.54. The van der Waals surface area contributed by atoms with Crippen LogP contribution in [0.3, 0.4) is 0 Å². The van der Waals surface area contributed by atoms with Crippen LogP contribution in [0, 0.1) is 0 Å². The van der Waals surface area contributed by atoms with E-state index in [9.17, 15) is 0 Å². The number of nitrogens with zero attached hydrogens (tertiary/aromatic N) is 2. The van der Waals surface area contributed by atoms with Crippen molar-refractivity contribution in [2.24, 2.45) is 7.05 Å². The third-order valence-electron chi connectivity index (χ3n) is 3.06. The summed E-state index contributed by atoms with van der Waals surface area (Å²) in [6.07, 6.45) is 4.64. The molecule has 1 aromatic carbocycles. The normalized spacial score (nSPS) is 12.4. The SMILES string of the molecule is CCNC(CC)c1ccc(Oc2cnn(C)c2)cc1. The predicted molar refractivity (Wildman–Crippen MR) is 76.4 cm³/mol. The molecule has 1 N–H and O–H groups in total. The summed E-state index contributed by atoms with van der Waals surface area (Å²) in [4.78, 5) is 0. The van der Waals surface area contributed by atoms with E-state index in [0.717, 1.165) is 24.5 Å². The highest BCUT2D eigenvalue weighted by Crippen LogP contribution is 2.23. The third kappa shape index (κ3) is 3.58. The van der Waals surface area contributed by atoms with E-state index in [1.54, 1.807) is 10.9 Å². The topological polar surface area (TPSA) is 39.1 Å². The standard InChI is InChI=1S/C15H21N3O/c1-4-15(16-5-2)12-6-8-13(9-7-12)19-14-10-17-18(3)11-14/h6-11,15-16H,4-5H2,1-3H3. The van der Waals surface area contributed by atoms with Crippen LogP contribution in [0.5, 0.6) is 11.5 Å². The first-order valence-electron chi connectivity index (χ1n) is 6.72. The minimum atomic E-state index is 0.414. The van der Waals surface area contributed by atoms with Gasteiger partial charge in [0.25, 0.3) is 0 Å². The molecule has 0 saturated carbocycles. The second kappa shape index (κ2) is 6.38. The highest BCUT2D eigenvalue weighted by atomic mass is 16.5. The van der Waals surface area contributed by atoms with Gasteiger partial charge < -0.3 is 10.1 Å². The van der Waals surface area contributed by atoms with E-state index in [-0.39, 0.29) is 0 Å². The Kier molecular flexibility index (Phi) is 4.58. The highest BCUT2D eigenvalue weighted by Gasteiger charge is 2.07. The Morgan fingerprint density at radius 3 is 2.47 bits per heavy atom. The van der Waals surface area contributed by atoms with Crippen LogP contribution in [0.15, 0.2) is 36.7 Å². The van der Waals surface area contributed by atoms with Crippen molar-refractivity contribution in [2.45, 2.75) is 26.3 Å². The van der Waals surface area contributed by atoms with Gasteiger partial charge in [0.15, 0.2) is 5.75 Å². The van der Waals surface area contributed by atoms with Gasteiger partial charge in [-0.25, -0.2) is 0 Å². The minimum Gasteiger partial charge on any atom is -0.454 e. The van der Waals surface area contributed by atoms with E-state index in [1.165, 1.54) is 5.56 Å². The van der Waals surface area contributed by atoms with Gasteiger partial charge in [-0.15, -0.1) is 0 Å². The number of rotatable bonds is 6. The number of hydrogen-bond donors (Lipinski definition) is 1. The summed E-state index contributed by atoms with van der Waals surface area (Å²) in [6, 6.07) is 8.65. The van der Waals surface area contributed by atoms with Crippen molar-refractivity contribution in [3.8, 4) is 11.5 Å². The van der Waals surface area contributed by atoms with E-state index in [2.05, 4.69) is 36.4 Å². The minimum absolute atomic E-state index is 0.414. The summed E-state index contributed by atoms with van der Waals surface area (Å²) < 4.78 is 7.45. The maximum Gasteiger partial charge on any atom is 0.165 e. The second-order valence-electron chi connectivity index (χ2n) is 4.54. The number of hydrogen-bond acceptors (Lipinski definition) is 3. The Morgan fingerprint density at radius 2 is 1.95 bits per heavy atom. The van der Waals surface area contributed by atoms with Gasteiger partial charge in [0.05, 0.1) is 12.4 Å². The lowest BCUT2D eigenvalue weighted by molar-refractivity contribution is 0.480. The first-order valence-corrected chi connectivity index (χ1v) is 6.72. The molecule has 0 amide bonds. The Labute approximate surface area is 114 Å². The lowest BCUT2D eigenvalue weighted by Gasteiger charge is -2.16. The lowest BCUT2D eigenvalue weighted by atomic mass is 10.0. The maximum absolute atomic E-state index is 5.72. The van der Waals surface area contributed by atoms with Crippen LogP contribution in [-0.2, 0) is 7.05 Å². The quantitative estimate of drug-likeness (QED) is 0.865. The van der Waals surface area contributed by atoms with E-state index in [1.807, 2.05) is 25.4 Å². The average molecular weight is 259 g/mol. The van der Waals surface area contributed by atoms with Crippen molar-refractivity contribution in [1.82, 2.24) is 15.1 Å². The smallest absolute Gasteiger partial charge is 0.165 e. The van der Waals surface area contributed by atoms with Crippen LogP contribution >= 0.6 is 0 Å². The van der Waals surface area contributed by atoms with Crippen LogP contribution < -0.4 is 10.1 Å². The number of aromatic nitrogens is 2. The van der Waals surface area contributed by atoms with E-state index >= 15 is 0 Å². The summed E-state index contributed by atoms with van der Waals surface area (Å²) in [6.45, 7) is 5.29. The van der Waals surface area contributed by atoms with Crippen molar-refractivity contribution in [3.63, 3.8) is 0 Å². The van der Waals surface area contributed by atoms with Crippen molar-refractivity contribution in [1.29, 1.82) is 0 Å². The van der Waals surface area contributed by atoms with E-state index in [4.69, 9.17) is 4.74 Å². The van der Waals surface area contributed by atoms with Crippen LogP contribution in [0.25, 0.3) is 0 Å². The van der Waals surface area contributed by atoms with E-state index in [0.29, 0.717) is 6.04 Å². The average Bonchev–Trinajstić information content (AvgIpc) is 2.82. The van der Waals surface area contributed by atoms with Gasteiger partial charge in [-0.05, 0) is 30.7 Å². The zero-order valence-electron chi connectivity index (χ0n) is 11.8. The van der Waals surface area contributed by atoms with Gasteiger partial charge in [-0.2, -0.15) is 5.10 Å². The van der Waals surface area contributed by atoms with Gasteiger partial charge in [0.2, 0.25) is 0 Å². The molecule has 4 heteroatoms. The number of aryl methyl sites for hydroxylation is 1. The van der Waals surface area contributed by atoms with Crippen molar-refractivity contribution >= 4 is 0 Å². The number of ether oxygens (including phenoxy) is 1. The fraction of sp³-hybridized carbons (Fsp3) is 0.400. The zero-order chi connectivity index (χ0) is 13.7. The van der Waals surface area contributed by atoms with Gasteiger partial charge in [0.1, 0.15) is 5.75 Å². The Morgan fingerprint density at radius 1 is 1.21 bits per heavy atom. The van der Waals surface area contributed by atoms with Gasteiger partial charge in [-0.1, -0.05) is 26.0 Å². The number of nitrogens with one attached hydrogen (secondary N) is 1. The zero-order valence-corrected chi connectivity index (χ0v) is 11.8. The molecule has 1 unspecified atom stereocenters. The molecule has 0 radical (unpaired) electrons. The van der Waals surface area contributed by atoms with Crippen LogP contribution in [0.1, 0.15) is 31.9 Å². The molecule has 0 spiro atoms. The second-order valence-corrected chi connectivity index (χ2v) is 4.54. The molecule has 1 heterocycles. The molecule has 2 aromatic rings. The first kappa shape index (κ1) is 13.6. The molecule has 0 aliphatic carbocycles. The number of benzene rings is 1. The molecular weight excluding hydrogens is 238 g/mol. The van der Waals surface area contributed by atoms with Crippen molar-refractivity contribution < 1.29 is 4.74 Å². The monoisotopic (exact) mass is 259 g/mol. The molecule has 0 aliphatic rings. The van der Waals surface area contributed by atoms with Crippen LogP contribution in [0.4, 0.5) is 0 Å². The predicted octanol–water partition coefficient (Wildman–Crippen LogP) is 3.27. The van der Waals surface area contributed by atoms with Gasteiger partial charge in [-0.3, -0.25) is 4.68 Å². The lowest BCUT2D eigenvalue weighted by Crippen LogP contribution is -2.19. The van der Waals surface area contributed by atoms with Crippen molar-refractivity contribution in [3.05, 3.63) is 42.2 Å². The Hall–Kier alpha value is -1.81. The van der Waals surface area contributed by atoms with Crippen LogP contribution in [0.2, 0.25) is 0 Å². The molecule has 4 nitrogen and oxygen atoms in total. The summed E-state index contributed by atoms with van der Waals surface area (Å²) in [5.41, 5.74) is 1.29. The maximum atomic E-state index is 5.72. The summed E-state index contributed by atoms with van der Waals surface area (Å²) >= 11 is 0. The Bertz CT molecular complexity index is 504. The summed E-state index contributed by atoms with van der Waals surface area (Å²) in [5.74, 6) is 1.59. The molecule has 0 fully saturated rings. The molecule has 0 aliphatic heterocycles. The van der Waals surface area contributed by atoms with Gasteiger partial charge >= 0.3 is 0 Å². The molecule has 102 valence electrons. The fourth-order valence-corrected chi connectivity index (χ4v) is 2.10. The van der Waals surface area contributed by atoms with Crippen LogP contribution in [-0.4, -0.2) is 16.3 Å². The van der Waals surface area contributed by atoms with E-state index < -0.39 is 0 Å². The van der Waals surface area contributed by atoms with Crippen molar-refractivity contribution in [2.75, 3.05) is 6.54 Å². The molecule has 1 atom stereocenters. The summed E-state index contributed by atoms with van der Waals surface area (Å²) in [7, 11) is 1.87.